The zero-order chi connectivity index (χ0) is 17.1. The van der Waals surface area contributed by atoms with Crippen molar-refractivity contribution in [2.45, 2.75) is 25.7 Å². The third kappa shape index (κ3) is 3.60. The van der Waals surface area contributed by atoms with Gasteiger partial charge < -0.3 is 5.11 Å². The highest BCUT2D eigenvalue weighted by Gasteiger charge is 2.28. The number of hydrogen-bond donors (Lipinski definition) is 2. The van der Waals surface area contributed by atoms with Crippen molar-refractivity contribution in [2.24, 2.45) is 11.8 Å². The van der Waals surface area contributed by atoms with E-state index in [4.69, 9.17) is 5.11 Å². The third-order valence-electron chi connectivity index (χ3n) is 4.84. The van der Waals surface area contributed by atoms with Crippen LogP contribution in [0.25, 0.3) is 10.8 Å². The first-order chi connectivity index (χ1) is 11.6. The van der Waals surface area contributed by atoms with Crippen molar-refractivity contribution in [3.8, 4) is 0 Å². The first-order valence-electron chi connectivity index (χ1n) is 8.15. The molecular weight excluding hydrogens is 326 g/mol. The number of hydrogen-bond acceptors (Lipinski definition) is 2. The maximum absolute atomic E-state index is 11.9. The third-order valence-corrected chi connectivity index (χ3v) is 5.57. The lowest BCUT2D eigenvalue weighted by Gasteiger charge is -2.31. The van der Waals surface area contributed by atoms with E-state index in [2.05, 4.69) is 0 Å². The van der Waals surface area contributed by atoms with Gasteiger partial charge in [-0.15, -0.1) is 0 Å². The number of carboxylic acid groups (broad SMARTS) is 1. The van der Waals surface area contributed by atoms with Crippen molar-refractivity contribution in [3.05, 3.63) is 42.5 Å². The van der Waals surface area contributed by atoms with Crippen molar-refractivity contribution in [3.63, 3.8) is 0 Å². The topological polar surface area (TPSA) is 77.8 Å². The number of aliphatic carboxylic acids is 1. The lowest BCUT2D eigenvalue weighted by Crippen LogP contribution is -2.34. The van der Waals surface area contributed by atoms with Gasteiger partial charge in [0, 0.05) is 11.9 Å². The summed E-state index contributed by atoms with van der Waals surface area (Å²) in [6.45, 7) is 0.462. The maximum atomic E-state index is 11.9. The molecule has 1 saturated carbocycles. The molecule has 6 heteroatoms. The molecule has 0 aliphatic heterocycles. The Balaban J connectivity index is 1.81. The minimum absolute atomic E-state index is 0.232. The molecule has 0 amide bonds. The van der Waals surface area contributed by atoms with E-state index in [0.29, 0.717) is 19.4 Å². The summed E-state index contributed by atoms with van der Waals surface area (Å²) in [5, 5.41) is 11.1. The summed E-state index contributed by atoms with van der Waals surface area (Å²) >= 11 is -2.11. The highest BCUT2D eigenvalue weighted by molar-refractivity contribution is 7.80. The Morgan fingerprint density at radius 3 is 2.42 bits per heavy atom. The molecule has 1 atom stereocenters. The second kappa shape index (κ2) is 7.32. The molecule has 2 N–H and O–H groups in total. The fraction of sp³-hybridized carbons (Fsp3) is 0.389. The second-order valence-corrected chi connectivity index (χ2v) is 7.25. The van der Waals surface area contributed by atoms with Gasteiger partial charge in [0.15, 0.2) is 0 Å². The molecule has 2 aromatic carbocycles. The minimum atomic E-state index is -2.11. The van der Waals surface area contributed by atoms with Gasteiger partial charge in [-0.3, -0.25) is 13.7 Å². The quantitative estimate of drug-likeness (QED) is 0.809. The molecule has 3 rings (SSSR count). The van der Waals surface area contributed by atoms with E-state index in [0.717, 1.165) is 29.3 Å². The standard InChI is InChI=1S/C18H21NO4S/c20-18(21)15-10-8-13(9-11-15)12-19(24(22)23)17-7-3-5-14-4-1-2-6-16(14)17/h1-7,13,15H,8-12H2,(H,20,21)(H,22,23). The van der Waals surface area contributed by atoms with Crippen LogP contribution in [0, 0.1) is 11.8 Å². The van der Waals surface area contributed by atoms with E-state index in [1.807, 2.05) is 42.5 Å². The van der Waals surface area contributed by atoms with Crippen LogP contribution in [0.15, 0.2) is 42.5 Å². The Kier molecular flexibility index (Phi) is 5.16. The summed E-state index contributed by atoms with van der Waals surface area (Å²) in [6.07, 6.45) is 2.83. The predicted octanol–water partition coefficient (Wildman–Crippen LogP) is 3.67. The molecule has 0 spiro atoms. The SMILES string of the molecule is O=C(O)C1CCC(CN(c2cccc3ccccc23)S(=O)O)CC1. The lowest BCUT2D eigenvalue weighted by molar-refractivity contribution is -0.143. The summed E-state index contributed by atoms with van der Waals surface area (Å²) in [5.74, 6) is -0.771. The van der Waals surface area contributed by atoms with Crippen molar-refractivity contribution in [2.75, 3.05) is 10.8 Å². The molecule has 24 heavy (non-hydrogen) atoms. The fourth-order valence-electron chi connectivity index (χ4n) is 3.50. The van der Waals surface area contributed by atoms with Crippen LogP contribution in [0.2, 0.25) is 0 Å². The number of rotatable bonds is 5. The zero-order valence-corrected chi connectivity index (χ0v) is 14.1. The average molecular weight is 347 g/mol. The molecule has 0 radical (unpaired) electrons. The van der Waals surface area contributed by atoms with Crippen LogP contribution in [0.4, 0.5) is 5.69 Å². The number of benzene rings is 2. The van der Waals surface area contributed by atoms with E-state index in [9.17, 15) is 13.6 Å². The molecule has 0 heterocycles. The molecule has 1 unspecified atom stereocenters. The van der Waals surface area contributed by atoms with Crippen molar-refractivity contribution in [1.82, 2.24) is 0 Å². The Bertz CT molecular complexity index is 750. The summed E-state index contributed by atoms with van der Waals surface area (Å²) < 4.78 is 23.3. The predicted molar refractivity (Wildman–Crippen MR) is 95.1 cm³/mol. The van der Waals surface area contributed by atoms with Crippen molar-refractivity contribution in [1.29, 1.82) is 0 Å². The molecule has 2 aromatic rings. The summed E-state index contributed by atoms with van der Waals surface area (Å²) in [5.41, 5.74) is 0.745. The first kappa shape index (κ1) is 16.9. The van der Waals surface area contributed by atoms with Crippen LogP contribution in [-0.2, 0) is 16.1 Å². The van der Waals surface area contributed by atoms with Crippen LogP contribution >= 0.6 is 0 Å². The molecule has 1 aliphatic rings. The monoisotopic (exact) mass is 347 g/mol. The van der Waals surface area contributed by atoms with Crippen LogP contribution in [-0.4, -0.2) is 26.4 Å². The van der Waals surface area contributed by atoms with Gasteiger partial charge >= 0.3 is 5.97 Å². The number of carboxylic acids is 1. The molecule has 0 bridgehead atoms. The normalized spacial score (nSPS) is 22.2. The van der Waals surface area contributed by atoms with Crippen LogP contribution in [0.3, 0.4) is 0 Å². The summed E-state index contributed by atoms with van der Waals surface area (Å²) in [6, 6.07) is 13.5. The van der Waals surface area contributed by atoms with Gasteiger partial charge in [0.2, 0.25) is 0 Å². The van der Waals surface area contributed by atoms with E-state index < -0.39 is 17.2 Å². The molecule has 0 aromatic heterocycles. The van der Waals surface area contributed by atoms with Gasteiger partial charge in [-0.1, -0.05) is 36.4 Å². The summed E-state index contributed by atoms with van der Waals surface area (Å²) in [4.78, 5) is 11.1. The van der Waals surface area contributed by atoms with Gasteiger partial charge in [0.05, 0.1) is 11.6 Å². The smallest absolute Gasteiger partial charge is 0.306 e. The van der Waals surface area contributed by atoms with Crippen LogP contribution in [0.1, 0.15) is 25.7 Å². The van der Waals surface area contributed by atoms with Crippen molar-refractivity contribution >= 4 is 33.7 Å². The molecule has 1 fully saturated rings. The number of nitrogens with zero attached hydrogens (tertiary/aromatic N) is 1. The van der Waals surface area contributed by atoms with Crippen LogP contribution in [0.5, 0.6) is 0 Å². The highest BCUT2D eigenvalue weighted by atomic mass is 32.2. The van der Waals surface area contributed by atoms with Gasteiger partial charge in [0.1, 0.15) is 0 Å². The molecular formula is C18H21NO4S. The number of fused-ring (bicyclic) bond motifs is 1. The molecule has 128 valence electrons. The molecule has 0 saturated heterocycles. The Morgan fingerprint density at radius 2 is 1.75 bits per heavy atom. The Labute approximate surface area is 143 Å². The van der Waals surface area contributed by atoms with Crippen molar-refractivity contribution < 1.29 is 18.7 Å². The van der Waals surface area contributed by atoms with Gasteiger partial charge in [0.25, 0.3) is 11.3 Å². The van der Waals surface area contributed by atoms with E-state index in [1.54, 1.807) is 0 Å². The van der Waals surface area contributed by atoms with Gasteiger partial charge in [-0.2, -0.15) is 0 Å². The lowest BCUT2D eigenvalue weighted by atomic mass is 9.82. The second-order valence-electron chi connectivity index (χ2n) is 6.35. The fourth-order valence-corrected chi connectivity index (χ4v) is 4.16. The summed E-state index contributed by atoms with van der Waals surface area (Å²) in [7, 11) is 0. The van der Waals surface area contributed by atoms with Gasteiger partial charge in [-0.25, -0.2) is 4.21 Å². The Hall–Kier alpha value is -1.92. The number of carbonyl (C=O) groups is 1. The highest BCUT2D eigenvalue weighted by Crippen LogP contribution is 2.33. The van der Waals surface area contributed by atoms with E-state index >= 15 is 0 Å². The largest absolute Gasteiger partial charge is 0.481 e. The minimum Gasteiger partial charge on any atom is -0.481 e. The first-order valence-corrected chi connectivity index (χ1v) is 9.21. The van der Waals surface area contributed by atoms with Gasteiger partial charge in [-0.05, 0) is 43.1 Å². The van der Waals surface area contributed by atoms with E-state index in [1.165, 1.54) is 4.31 Å². The average Bonchev–Trinajstić information content (AvgIpc) is 2.59. The maximum Gasteiger partial charge on any atom is 0.306 e. The van der Waals surface area contributed by atoms with Crippen LogP contribution < -0.4 is 4.31 Å². The number of anilines is 1. The molecule has 5 nitrogen and oxygen atoms in total. The Morgan fingerprint density at radius 1 is 1.08 bits per heavy atom. The zero-order valence-electron chi connectivity index (χ0n) is 13.3. The van der Waals surface area contributed by atoms with E-state index in [-0.39, 0.29) is 11.8 Å². The molecule has 1 aliphatic carbocycles.